The first-order valence-corrected chi connectivity index (χ1v) is 6.76. The Hall–Kier alpha value is -1.33. The molecule has 0 aliphatic carbocycles. The maximum Gasteiger partial charge on any atom is 0.131 e. The van der Waals surface area contributed by atoms with E-state index >= 15 is 0 Å². The zero-order chi connectivity index (χ0) is 14.2. The Morgan fingerprint density at radius 1 is 1.21 bits per heavy atom. The molecule has 0 radical (unpaired) electrons. The van der Waals surface area contributed by atoms with Crippen LogP contribution >= 0.6 is 11.3 Å². The third kappa shape index (κ3) is 2.98. The van der Waals surface area contributed by atoms with Crippen LogP contribution in [0.3, 0.4) is 0 Å². The van der Waals surface area contributed by atoms with Gasteiger partial charge in [0.1, 0.15) is 11.6 Å². The lowest BCUT2D eigenvalue weighted by atomic mass is 10.0. The molecule has 1 unspecified atom stereocenters. The Kier molecular flexibility index (Phi) is 3.96. The lowest BCUT2D eigenvalue weighted by molar-refractivity contribution is 0.173. The molecule has 1 aromatic carbocycles. The molecule has 0 aliphatic rings. The molecule has 2 nitrogen and oxygen atoms in total. The summed E-state index contributed by atoms with van der Waals surface area (Å²) in [6.45, 7) is 5.39. The van der Waals surface area contributed by atoms with Crippen LogP contribution in [0.4, 0.5) is 8.78 Å². The van der Waals surface area contributed by atoms with Crippen molar-refractivity contribution in [3.8, 4) is 0 Å². The van der Waals surface area contributed by atoms with Crippen LogP contribution in [0.2, 0.25) is 0 Å². The standard InChI is InChI=1S/C14H15F2NOS/c1-7-4-10(12(16)5-11(7)15)13(18)6-14-17-8(2)9(3)19-14/h4-5,13,18H,6H2,1-3H3. The summed E-state index contributed by atoms with van der Waals surface area (Å²) in [7, 11) is 0. The molecule has 19 heavy (non-hydrogen) atoms. The number of hydrogen-bond donors (Lipinski definition) is 1. The molecular weight excluding hydrogens is 268 g/mol. The van der Waals surface area contributed by atoms with Crippen molar-refractivity contribution in [1.29, 1.82) is 0 Å². The highest BCUT2D eigenvalue weighted by molar-refractivity contribution is 7.11. The third-order valence-corrected chi connectivity index (χ3v) is 4.17. The van der Waals surface area contributed by atoms with Gasteiger partial charge in [0.2, 0.25) is 0 Å². The van der Waals surface area contributed by atoms with Gasteiger partial charge in [-0.25, -0.2) is 13.8 Å². The number of rotatable bonds is 3. The highest BCUT2D eigenvalue weighted by atomic mass is 32.1. The van der Waals surface area contributed by atoms with Crippen LogP contribution in [-0.2, 0) is 6.42 Å². The molecule has 0 bridgehead atoms. The van der Waals surface area contributed by atoms with Gasteiger partial charge in [0.05, 0.1) is 16.8 Å². The first kappa shape index (κ1) is 14.1. The summed E-state index contributed by atoms with van der Waals surface area (Å²) in [6.07, 6.45) is -0.773. The van der Waals surface area contributed by atoms with Crippen molar-refractivity contribution in [2.75, 3.05) is 0 Å². The van der Waals surface area contributed by atoms with Gasteiger partial charge in [-0.3, -0.25) is 0 Å². The van der Waals surface area contributed by atoms with Crippen molar-refractivity contribution < 1.29 is 13.9 Å². The average Bonchev–Trinajstić information content (AvgIpc) is 2.62. The topological polar surface area (TPSA) is 33.1 Å². The molecule has 0 saturated carbocycles. The molecule has 2 rings (SSSR count). The highest BCUT2D eigenvalue weighted by Crippen LogP contribution is 2.26. The van der Waals surface area contributed by atoms with Gasteiger partial charge in [-0.05, 0) is 32.4 Å². The smallest absolute Gasteiger partial charge is 0.131 e. The van der Waals surface area contributed by atoms with Crippen LogP contribution in [-0.4, -0.2) is 10.1 Å². The number of benzene rings is 1. The summed E-state index contributed by atoms with van der Waals surface area (Å²) < 4.78 is 26.8. The fraction of sp³-hybridized carbons (Fsp3) is 0.357. The van der Waals surface area contributed by atoms with E-state index in [1.807, 2.05) is 13.8 Å². The molecule has 2 aromatic rings. The maximum absolute atomic E-state index is 13.7. The Morgan fingerprint density at radius 3 is 2.47 bits per heavy atom. The Labute approximate surface area is 114 Å². The van der Waals surface area contributed by atoms with E-state index in [4.69, 9.17) is 0 Å². The number of aliphatic hydroxyl groups is 1. The quantitative estimate of drug-likeness (QED) is 0.933. The van der Waals surface area contributed by atoms with Crippen LogP contribution in [0.1, 0.15) is 32.8 Å². The second-order valence-electron chi connectivity index (χ2n) is 4.59. The third-order valence-electron chi connectivity index (χ3n) is 3.08. The molecule has 0 saturated heterocycles. The van der Waals surface area contributed by atoms with E-state index in [9.17, 15) is 13.9 Å². The van der Waals surface area contributed by atoms with E-state index in [2.05, 4.69) is 4.98 Å². The first-order chi connectivity index (χ1) is 8.88. The summed E-state index contributed by atoms with van der Waals surface area (Å²) in [4.78, 5) is 5.39. The Bertz CT molecular complexity index is 590. The van der Waals surface area contributed by atoms with Crippen molar-refractivity contribution in [3.05, 3.63) is 50.5 Å². The minimum atomic E-state index is -1.01. The van der Waals surface area contributed by atoms with E-state index < -0.39 is 17.7 Å². The summed E-state index contributed by atoms with van der Waals surface area (Å²) in [6, 6.07) is 2.16. The van der Waals surface area contributed by atoms with Gasteiger partial charge in [-0.15, -0.1) is 11.3 Å². The molecule has 0 aliphatic heterocycles. The van der Waals surface area contributed by atoms with Gasteiger partial charge in [-0.1, -0.05) is 0 Å². The monoisotopic (exact) mass is 283 g/mol. The molecule has 0 amide bonds. The molecule has 102 valence electrons. The minimum Gasteiger partial charge on any atom is -0.388 e. The maximum atomic E-state index is 13.7. The van der Waals surface area contributed by atoms with Crippen LogP contribution in [0.25, 0.3) is 0 Å². The number of hydrogen-bond acceptors (Lipinski definition) is 3. The predicted molar refractivity (Wildman–Crippen MR) is 71.3 cm³/mol. The van der Waals surface area contributed by atoms with E-state index in [1.54, 1.807) is 6.92 Å². The molecule has 1 heterocycles. The average molecular weight is 283 g/mol. The second-order valence-corrected chi connectivity index (χ2v) is 5.88. The van der Waals surface area contributed by atoms with Gasteiger partial charge >= 0.3 is 0 Å². The Balaban J connectivity index is 2.24. The lowest BCUT2D eigenvalue weighted by Gasteiger charge is -2.11. The predicted octanol–water partition coefficient (Wildman–Crippen LogP) is 3.62. The molecule has 5 heteroatoms. The Morgan fingerprint density at radius 2 is 1.89 bits per heavy atom. The molecule has 1 aromatic heterocycles. The summed E-state index contributed by atoms with van der Waals surface area (Å²) in [5.41, 5.74) is 1.36. The normalized spacial score (nSPS) is 12.7. The van der Waals surface area contributed by atoms with Crippen molar-refractivity contribution in [2.24, 2.45) is 0 Å². The van der Waals surface area contributed by atoms with E-state index in [-0.39, 0.29) is 12.0 Å². The number of nitrogens with zero attached hydrogens (tertiary/aromatic N) is 1. The van der Waals surface area contributed by atoms with Crippen molar-refractivity contribution >= 4 is 11.3 Å². The summed E-state index contributed by atoms with van der Waals surface area (Å²) in [5.74, 6) is -1.32. The lowest BCUT2D eigenvalue weighted by Crippen LogP contribution is -2.05. The highest BCUT2D eigenvalue weighted by Gasteiger charge is 2.17. The van der Waals surface area contributed by atoms with E-state index in [0.717, 1.165) is 21.6 Å². The van der Waals surface area contributed by atoms with Crippen molar-refractivity contribution in [2.45, 2.75) is 33.3 Å². The van der Waals surface area contributed by atoms with Gasteiger partial charge < -0.3 is 5.11 Å². The number of aliphatic hydroxyl groups excluding tert-OH is 1. The molecule has 1 atom stereocenters. The van der Waals surface area contributed by atoms with E-state index in [1.165, 1.54) is 17.4 Å². The fourth-order valence-electron chi connectivity index (χ4n) is 1.84. The van der Waals surface area contributed by atoms with E-state index in [0.29, 0.717) is 5.56 Å². The van der Waals surface area contributed by atoms with Gasteiger partial charge in [-0.2, -0.15) is 0 Å². The molecular formula is C14H15F2NOS. The number of halogens is 2. The molecule has 1 N–H and O–H groups in total. The van der Waals surface area contributed by atoms with Gasteiger partial charge in [0, 0.05) is 22.9 Å². The largest absolute Gasteiger partial charge is 0.388 e. The SMILES string of the molecule is Cc1cc(C(O)Cc2nc(C)c(C)s2)c(F)cc1F. The second kappa shape index (κ2) is 5.35. The van der Waals surface area contributed by atoms with Crippen LogP contribution in [0, 0.1) is 32.4 Å². The fourth-order valence-corrected chi connectivity index (χ4v) is 2.81. The zero-order valence-corrected chi connectivity index (χ0v) is 11.8. The number of thiazole rings is 1. The first-order valence-electron chi connectivity index (χ1n) is 5.95. The zero-order valence-electron chi connectivity index (χ0n) is 11.0. The van der Waals surface area contributed by atoms with Crippen molar-refractivity contribution in [1.82, 2.24) is 4.98 Å². The van der Waals surface area contributed by atoms with Crippen LogP contribution < -0.4 is 0 Å². The van der Waals surface area contributed by atoms with Gasteiger partial charge in [0.25, 0.3) is 0 Å². The van der Waals surface area contributed by atoms with Gasteiger partial charge in [0.15, 0.2) is 0 Å². The minimum absolute atomic E-state index is 0.115. The van der Waals surface area contributed by atoms with Crippen LogP contribution in [0.5, 0.6) is 0 Å². The summed E-state index contributed by atoms with van der Waals surface area (Å²) >= 11 is 1.48. The number of aryl methyl sites for hydroxylation is 3. The van der Waals surface area contributed by atoms with Crippen molar-refractivity contribution in [3.63, 3.8) is 0 Å². The number of aromatic nitrogens is 1. The molecule has 0 spiro atoms. The molecule has 0 fully saturated rings. The summed E-state index contributed by atoms with van der Waals surface area (Å²) in [5, 5.41) is 10.8. The van der Waals surface area contributed by atoms with Crippen LogP contribution in [0.15, 0.2) is 12.1 Å².